The average molecular weight is 266 g/mol. The van der Waals surface area contributed by atoms with Crippen LogP contribution in [-0.4, -0.2) is 11.1 Å². The molecule has 0 unspecified atom stereocenters. The van der Waals surface area contributed by atoms with Crippen molar-refractivity contribution in [2.75, 3.05) is 0 Å². The van der Waals surface area contributed by atoms with E-state index in [1.54, 1.807) is 0 Å². The standard InChI is InChI=1S/C17H14O3/c18-17(19)9-14-8-13-6-7-15(10-16(13)14)20-11-12-4-2-1-3-5-12/h1-7,9-10H,8,11H2,(H,18,19)/b14-9+. The summed E-state index contributed by atoms with van der Waals surface area (Å²) in [5.41, 5.74) is 4.12. The summed E-state index contributed by atoms with van der Waals surface area (Å²) in [6.45, 7) is 0.512. The Balaban J connectivity index is 1.73. The Labute approximate surface area is 117 Å². The van der Waals surface area contributed by atoms with Gasteiger partial charge in [0.25, 0.3) is 0 Å². The molecule has 20 heavy (non-hydrogen) atoms. The highest BCUT2D eigenvalue weighted by Gasteiger charge is 2.20. The van der Waals surface area contributed by atoms with Crippen LogP contribution in [0.5, 0.6) is 5.75 Å². The monoisotopic (exact) mass is 266 g/mol. The van der Waals surface area contributed by atoms with Crippen molar-refractivity contribution in [2.24, 2.45) is 0 Å². The van der Waals surface area contributed by atoms with Gasteiger partial charge in [-0.2, -0.15) is 0 Å². The lowest BCUT2D eigenvalue weighted by atomic mass is 9.82. The summed E-state index contributed by atoms with van der Waals surface area (Å²) in [5, 5.41) is 8.79. The molecule has 0 atom stereocenters. The third-order valence-electron chi connectivity index (χ3n) is 3.35. The molecule has 3 nitrogen and oxygen atoms in total. The normalized spacial score (nSPS) is 14.5. The van der Waals surface area contributed by atoms with Crippen molar-refractivity contribution in [2.45, 2.75) is 13.0 Å². The number of fused-ring (bicyclic) bond motifs is 1. The fraction of sp³-hybridized carbons (Fsp3) is 0.118. The van der Waals surface area contributed by atoms with Crippen molar-refractivity contribution < 1.29 is 14.6 Å². The molecule has 0 aliphatic heterocycles. The first-order valence-electron chi connectivity index (χ1n) is 6.46. The zero-order valence-corrected chi connectivity index (χ0v) is 10.9. The number of hydrogen-bond donors (Lipinski definition) is 1. The molecule has 3 heteroatoms. The highest BCUT2D eigenvalue weighted by Crippen LogP contribution is 2.36. The molecule has 0 bridgehead atoms. The van der Waals surface area contributed by atoms with Gasteiger partial charge in [-0.1, -0.05) is 36.4 Å². The summed E-state index contributed by atoms with van der Waals surface area (Å²) < 4.78 is 5.74. The minimum atomic E-state index is -0.902. The molecule has 0 saturated carbocycles. The van der Waals surface area contributed by atoms with Crippen molar-refractivity contribution >= 4 is 11.5 Å². The lowest BCUT2D eigenvalue weighted by molar-refractivity contribution is -0.131. The zero-order chi connectivity index (χ0) is 13.9. The summed E-state index contributed by atoms with van der Waals surface area (Å²) in [4.78, 5) is 10.7. The fourth-order valence-electron chi connectivity index (χ4n) is 2.31. The maximum Gasteiger partial charge on any atom is 0.328 e. The van der Waals surface area contributed by atoms with Gasteiger partial charge in [0.1, 0.15) is 12.4 Å². The van der Waals surface area contributed by atoms with E-state index < -0.39 is 5.97 Å². The van der Waals surface area contributed by atoms with Gasteiger partial charge in [0.15, 0.2) is 0 Å². The van der Waals surface area contributed by atoms with Crippen LogP contribution in [0, 0.1) is 0 Å². The van der Waals surface area contributed by atoms with Gasteiger partial charge in [0.05, 0.1) is 0 Å². The van der Waals surface area contributed by atoms with E-state index in [2.05, 4.69) is 0 Å². The fourth-order valence-corrected chi connectivity index (χ4v) is 2.31. The summed E-state index contributed by atoms with van der Waals surface area (Å²) in [6.07, 6.45) is 1.99. The van der Waals surface area contributed by atoms with E-state index in [1.807, 2.05) is 48.5 Å². The molecule has 0 heterocycles. The lowest BCUT2D eigenvalue weighted by Crippen LogP contribution is -2.09. The largest absolute Gasteiger partial charge is 0.489 e. The number of rotatable bonds is 4. The number of aliphatic carboxylic acids is 1. The van der Waals surface area contributed by atoms with E-state index in [9.17, 15) is 4.79 Å². The van der Waals surface area contributed by atoms with Crippen LogP contribution in [0.3, 0.4) is 0 Å². The number of carbonyl (C=O) groups is 1. The predicted octanol–water partition coefficient (Wildman–Crippen LogP) is 3.29. The molecule has 3 rings (SSSR count). The quantitative estimate of drug-likeness (QED) is 0.864. The zero-order valence-electron chi connectivity index (χ0n) is 10.9. The van der Waals surface area contributed by atoms with E-state index >= 15 is 0 Å². The third kappa shape index (κ3) is 2.57. The van der Waals surface area contributed by atoms with Crippen molar-refractivity contribution in [3.05, 3.63) is 71.3 Å². The van der Waals surface area contributed by atoms with E-state index in [4.69, 9.17) is 9.84 Å². The molecule has 0 aromatic heterocycles. The molecule has 0 amide bonds. The van der Waals surface area contributed by atoms with Crippen LogP contribution in [0.15, 0.2) is 54.6 Å². The second-order valence-corrected chi connectivity index (χ2v) is 4.78. The molecule has 2 aromatic rings. The second kappa shape index (κ2) is 5.21. The van der Waals surface area contributed by atoms with Crippen LogP contribution in [0.1, 0.15) is 16.7 Å². The highest BCUT2D eigenvalue weighted by molar-refractivity contribution is 5.94. The van der Waals surface area contributed by atoms with Crippen LogP contribution in [-0.2, 0) is 17.8 Å². The van der Waals surface area contributed by atoms with Gasteiger partial charge in [0.2, 0.25) is 0 Å². The van der Waals surface area contributed by atoms with E-state index in [0.29, 0.717) is 6.61 Å². The van der Waals surface area contributed by atoms with Gasteiger partial charge in [-0.05, 0) is 40.8 Å². The van der Waals surface area contributed by atoms with Gasteiger partial charge < -0.3 is 9.84 Å². The van der Waals surface area contributed by atoms with Crippen molar-refractivity contribution in [3.8, 4) is 5.75 Å². The van der Waals surface area contributed by atoms with E-state index in [-0.39, 0.29) is 0 Å². The first-order valence-corrected chi connectivity index (χ1v) is 6.46. The maximum atomic E-state index is 10.7. The second-order valence-electron chi connectivity index (χ2n) is 4.78. The minimum absolute atomic E-state index is 0.512. The molecule has 1 N–H and O–H groups in total. The Morgan fingerprint density at radius 2 is 2.00 bits per heavy atom. The summed E-state index contributed by atoms with van der Waals surface area (Å²) in [6, 6.07) is 15.8. The smallest absolute Gasteiger partial charge is 0.328 e. The molecule has 1 aliphatic rings. The Morgan fingerprint density at radius 1 is 1.20 bits per heavy atom. The van der Waals surface area contributed by atoms with Gasteiger partial charge in [0, 0.05) is 6.08 Å². The van der Waals surface area contributed by atoms with Crippen LogP contribution >= 0.6 is 0 Å². The topological polar surface area (TPSA) is 46.5 Å². The van der Waals surface area contributed by atoms with Crippen molar-refractivity contribution in [1.29, 1.82) is 0 Å². The molecule has 0 fully saturated rings. The number of allylic oxidation sites excluding steroid dienone is 1. The predicted molar refractivity (Wildman–Crippen MR) is 76.5 cm³/mol. The van der Waals surface area contributed by atoms with Gasteiger partial charge in [-0.15, -0.1) is 0 Å². The van der Waals surface area contributed by atoms with Crippen molar-refractivity contribution in [3.63, 3.8) is 0 Å². The van der Waals surface area contributed by atoms with E-state index in [1.165, 1.54) is 11.6 Å². The van der Waals surface area contributed by atoms with Crippen molar-refractivity contribution in [1.82, 2.24) is 0 Å². The Kier molecular flexibility index (Phi) is 3.25. The highest BCUT2D eigenvalue weighted by atomic mass is 16.5. The first-order chi connectivity index (χ1) is 9.72. The molecular formula is C17H14O3. The molecule has 0 radical (unpaired) electrons. The van der Waals surface area contributed by atoms with E-state index in [0.717, 1.165) is 28.9 Å². The minimum Gasteiger partial charge on any atom is -0.489 e. The maximum absolute atomic E-state index is 10.7. The Hall–Kier alpha value is -2.55. The number of benzene rings is 2. The van der Waals surface area contributed by atoms with Crippen LogP contribution in [0.2, 0.25) is 0 Å². The van der Waals surface area contributed by atoms with Gasteiger partial charge in [-0.3, -0.25) is 0 Å². The van der Waals surface area contributed by atoms with Gasteiger partial charge in [-0.25, -0.2) is 4.79 Å². The lowest BCUT2D eigenvalue weighted by Gasteiger charge is -2.23. The Bertz CT molecular complexity index is 672. The van der Waals surface area contributed by atoms with Gasteiger partial charge >= 0.3 is 5.97 Å². The third-order valence-corrected chi connectivity index (χ3v) is 3.35. The summed E-state index contributed by atoms with van der Waals surface area (Å²) in [7, 11) is 0. The molecule has 0 saturated heterocycles. The first kappa shape index (κ1) is 12.5. The van der Waals surface area contributed by atoms with Crippen LogP contribution in [0.4, 0.5) is 0 Å². The number of carboxylic acids is 1. The molecule has 0 spiro atoms. The Morgan fingerprint density at radius 3 is 2.75 bits per heavy atom. The molecular weight excluding hydrogens is 252 g/mol. The molecule has 100 valence electrons. The SMILES string of the molecule is O=C(O)/C=C1\Cc2ccc(OCc3ccccc3)cc21. The van der Waals surface area contributed by atoms with Crippen LogP contribution < -0.4 is 4.74 Å². The molecule has 2 aromatic carbocycles. The molecule has 1 aliphatic carbocycles. The number of hydrogen-bond acceptors (Lipinski definition) is 2. The summed E-state index contributed by atoms with van der Waals surface area (Å²) in [5.74, 6) is -0.134. The number of carboxylic acid groups (broad SMARTS) is 1. The van der Waals surface area contributed by atoms with Crippen LogP contribution in [0.25, 0.3) is 5.57 Å². The average Bonchev–Trinajstić information content (AvgIpc) is 2.44. The summed E-state index contributed by atoms with van der Waals surface area (Å²) >= 11 is 0. The number of ether oxygens (including phenoxy) is 1.